The van der Waals surface area contributed by atoms with Crippen molar-refractivity contribution in [2.75, 3.05) is 7.05 Å². The first-order valence-electron chi connectivity index (χ1n) is 3.03. The fraction of sp³-hybridized carbons (Fsp3) is 0.250. The van der Waals surface area contributed by atoms with Gasteiger partial charge in [-0.25, -0.2) is 0 Å². The van der Waals surface area contributed by atoms with Crippen LogP contribution in [0.1, 0.15) is 5.56 Å². The molecule has 0 radical (unpaired) electrons. The van der Waals surface area contributed by atoms with Crippen molar-refractivity contribution in [3.8, 4) is 0 Å². The van der Waals surface area contributed by atoms with Crippen LogP contribution in [0.25, 0.3) is 5.32 Å². The molecule has 0 bridgehead atoms. The van der Waals surface area contributed by atoms with Gasteiger partial charge < -0.3 is 5.32 Å². The third kappa shape index (κ3) is 3.37. The van der Waals surface area contributed by atoms with Crippen LogP contribution in [0.5, 0.6) is 0 Å². The van der Waals surface area contributed by atoms with Crippen LogP contribution in [0.4, 0.5) is 0 Å². The first-order chi connectivity index (χ1) is 4.43. The van der Waals surface area contributed by atoms with Crippen molar-refractivity contribution in [2.45, 2.75) is 6.54 Å². The molecule has 0 aliphatic rings. The molecule has 1 rings (SSSR count). The number of nitrogens with zero attached hydrogens (tertiary/aromatic N) is 1. The SMILES string of the molecule is C[N-]Cc1ccccc1.[Na+]. The Bertz CT molecular complexity index is 162. The summed E-state index contributed by atoms with van der Waals surface area (Å²) in [5.74, 6) is 0. The molecule has 0 aliphatic heterocycles. The van der Waals surface area contributed by atoms with Crippen molar-refractivity contribution >= 4 is 0 Å². The van der Waals surface area contributed by atoms with Gasteiger partial charge in [0.15, 0.2) is 0 Å². The summed E-state index contributed by atoms with van der Waals surface area (Å²) in [6.45, 7) is 0.834. The van der Waals surface area contributed by atoms with Crippen LogP contribution in [-0.2, 0) is 6.54 Å². The Balaban J connectivity index is 0.000000810. The Kier molecular flexibility index (Phi) is 6.03. The largest absolute Gasteiger partial charge is 1.00 e. The van der Waals surface area contributed by atoms with Crippen molar-refractivity contribution in [3.05, 3.63) is 41.2 Å². The van der Waals surface area contributed by atoms with Crippen molar-refractivity contribution in [1.29, 1.82) is 0 Å². The summed E-state index contributed by atoms with van der Waals surface area (Å²) >= 11 is 0. The van der Waals surface area contributed by atoms with Gasteiger partial charge in [-0.3, -0.25) is 0 Å². The van der Waals surface area contributed by atoms with Crippen molar-refractivity contribution in [2.24, 2.45) is 0 Å². The zero-order chi connectivity index (χ0) is 6.53. The van der Waals surface area contributed by atoms with Gasteiger partial charge >= 0.3 is 29.6 Å². The molecule has 1 aromatic rings. The minimum atomic E-state index is 0. The Morgan fingerprint density at radius 2 is 1.80 bits per heavy atom. The van der Waals surface area contributed by atoms with E-state index < -0.39 is 0 Å². The molecule has 2 heteroatoms. The fourth-order valence-electron chi connectivity index (χ4n) is 0.766. The maximum Gasteiger partial charge on any atom is 1.00 e. The summed E-state index contributed by atoms with van der Waals surface area (Å²) in [5, 5.41) is 4.01. The standard InChI is InChI=1S/C8H10N.Na/c1-9-7-8-5-3-2-4-6-8;/h2-6H,7H2,1H3;/q-1;+1. The molecule has 10 heavy (non-hydrogen) atoms. The summed E-state index contributed by atoms with van der Waals surface area (Å²) in [5.41, 5.74) is 1.28. The summed E-state index contributed by atoms with van der Waals surface area (Å²) in [7, 11) is 1.83. The van der Waals surface area contributed by atoms with Crippen LogP contribution in [-0.4, -0.2) is 7.05 Å². The zero-order valence-corrected chi connectivity index (χ0v) is 8.54. The van der Waals surface area contributed by atoms with Crippen molar-refractivity contribution in [3.63, 3.8) is 0 Å². The predicted octanol–water partition coefficient (Wildman–Crippen LogP) is -0.806. The predicted molar refractivity (Wildman–Crippen MR) is 39.4 cm³/mol. The first-order valence-corrected chi connectivity index (χ1v) is 3.03. The maximum absolute atomic E-state index is 4.01. The van der Waals surface area contributed by atoms with Crippen LogP contribution in [0.2, 0.25) is 0 Å². The molecule has 0 atom stereocenters. The summed E-state index contributed by atoms with van der Waals surface area (Å²) in [6, 6.07) is 10.2. The molecule has 0 saturated heterocycles. The quantitative estimate of drug-likeness (QED) is 0.481. The number of benzene rings is 1. The maximum atomic E-state index is 4.01. The van der Waals surface area contributed by atoms with E-state index in [0.29, 0.717) is 0 Å². The molecule has 0 spiro atoms. The average Bonchev–Trinajstić information content (AvgIpc) is 1.91. The van der Waals surface area contributed by atoms with E-state index in [-0.39, 0.29) is 29.6 Å². The van der Waals surface area contributed by atoms with Gasteiger partial charge in [-0.1, -0.05) is 35.9 Å². The number of rotatable bonds is 2. The minimum absolute atomic E-state index is 0. The molecule has 1 nitrogen and oxygen atoms in total. The van der Waals surface area contributed by atoms with Crippen LogP contribution in [0.15, 0.2) is 30.3 Å². The topological polar surface area (TPSA) is 14.1 Å². The normalized spacial score (nSPS) is 8.50. The summed E-state index contributed by atoms with van der Waals surface area (Å²) in [4.78, 5) is 0. The Hall–Kier alpha value is 0.180. The Morgan fingerprint density at radius 1 is 1.20 bits per heavy atom. The monoisotopic (exact) mass is 143 g/mol. The van der Waals surface area contributed by atoms with Crippen LogP contribution >= 0.6 is 0 Å². The molecule has 0 heterocycles. The van der Waals surface area contributed by atoms with Gasteiger partial charge in [0.1, 0.15) is 0 Å². The number of hydrogen-bond donors (Lipinski definition) is 0. The van der Waals surface area contributed by atoms with E-state index in [4.69, 9.17) is 0 Å². The van der Waals surface area contributed by atoms with Gasteiger partial charge in [-0.15, -0.1) is 6.54 Å². The van der Waals surface area contributed by atoms with Gasteiger partial charge in [0.2, 0.25) is 0 Å². The molecular formula is C8H10NNa. The van der Waals surface area contributed by atoms with E-state index in [0.717, 1.165) is 6.54 Å². The molecule has 48 valence electrons. The molecule has 0 saturated carbocycles. The van der Waals surface area contributed by atoms with Crippen LogP contribution in [0.3, 0.4) is 0 Å². The van der Waals surface area contributed by atoms with Gasteiger partial charge in [0.05, 0.1) is 0 Å². The molecule has 0 unspecified atom stereocenters. The van der Waals surface area contributed by atoms with E-state index in [2.05, 4.69) is 17.4 Å². The molecule has 0 aromatic heterocycles. The molecule has 0 aliphatic carbocycles. The third-order valence-electron chi connectivity index (χ3n) is 1.18. The third-order valence-corrected chi connectivity index (χ3v) is 1.18. The molecule has 0 fully saturated rings. The Labute approximate surface area is 84.1 Å². The van der Waals surface area contributed by atoms with Gasteiger partial charge in [-0.05, 0) is 0 Å². The molecular weight excluding hydrogens is 133 g/mol. The van der Waals surface area contributed by atoms with Crippen LogP contribution in [0, 0.1) is 0 Å². The zero-order valence-electron chi connectivity index (χ0n) is 6.54. The Morgan fingerprint density at radius 3 is 2.30 bits per heavy atom. The summed E-state index contributed by atoms with van der Waals surface area (Å²) < 4.78 is 0. The smallest absolute Gasteiger partial charge is 0.661 e. The van der Waals surface area contributed by atoms with E-state index in [9.17, 15) is 0 Å². The minimum Gasteiger partial charge on any atom is -0.661 e. The summed E-state index contributed by atoms with van der Waals surface area (Å²) in [6.07, 6.45) is 0. The second kappa shape index (κ2) is 5.93. The van der Waals surface area contributed by atoms with Gasteiger partial charge in [0, 0.05) is 0 Å². The molecule has 0 N–H and O–H groups in total. The van der Waals surface area contributed by atoms with Gasteiger partial charge in [0.25, 0.3) is 0 Å². The van der Waals surface area contributed by atoms with E-state index in [1.54, 1.807) is 0 Å². The van der Waals surface area contributed by atoms with Crippen LogP contribution < -0.4 is 29.6 Å². The molecule has 0 amide bonds. The van der Waals surface area contributed by atoms with E-state index in [1.807, 2.05) is 25.2 Å². The molecule has 1 aromatic carbocycles. The van der Waals surface area contributed by atoms with Gasteiger partial charge in [-0.2, -0.15) is 7.05 Å². The second-order valence-electron chi connectivity index (χ2n) is 1.96. The first kappa shape index (κ1) is 10.2. The van der Waals surface area contributed by atoms with E-state index in [1.165, 1.54) is 5.56 Å². The fourth-order valence-corrected chi connectivity index (χ4v) is 0.766. The number of hydrogen-bond acceptors (Lipinski definition) is 0. The van der Waals surface area contributed by atoms with E-state index >= 15 is 0 Å². The van der Waals surface area contributed by atoms with Crippen molar-refractivity contribution < 1.29 is 29.6 Å². The second-order valence-corrected chi connectivity index (χ2v) is 1.96. The van der Waals surface area contributed by atoms with Crippen molar-refractivity contribution in [1.82, 2.24) is 0 Å². The average molecular weight is 143 g/mol.